The fourth-order valence-electron chi connectivity index (χ4n) is 4.00. The Balaban J connectivity index is 1.39. The van der Waals surface area contributed by atoms with Crippen molar-refractivity contribution in [3.05, 3.63) is 81.0 Å². The van der Waals surface area contributed by atoms with Crippen LogP contribution in [0.4, 0.5) is 0 Å². The molecule has 34 heavy (non-hydrogen) atoms. The van der Waals surface area contributed by atoms with Gasteiger partial charge in [0.1, 0.15) is 5.01 Å². The van der Waals surface area contributed by atoms with E-state index in [1.54, 1.807) is 34.4 Å². The van der Waals surface area contributed by atoms with E-state index >= 15 is 0 Å². The highest BCUT2D eigenvalue weighted by molar-refractivity contribution is 7.98. The van der Waals surface area contributed by atoms with Crippen molar-refractivity contribution in [1.82, 2.24) is 19.7 Å². The van der Waals surface area contributed by atoms with Gasteiger partial charge in [-0.05, 0) is 39.3 Å². The summed E-state index contributed by atoms with van der Waals surface area (Å²) in [6.45, 7) is 9.38. The Morgan fingerprint density at radius 3 is 2.47 bits per heavy atom. The van der Waals surface area contributed by atoms with Gasteiger partial charge in [-0.2, -0.15) is 0 Å². The number of thiophene rings is 1. The molecule has 172 valence electrons. The standard InChI is InChI=1S/C27H26N4S3/c1-5-31-25(23-16-32-19(4)24(23)20-11-9-17(2)10-12-20)29-30-27(31)34-15-22-14-33-26(28-22)21-8-6-7-18(3)13-21/h6-14,16H,5,15H2,1-4H3. The summed E-state index contributed by atoms with van der Waals surface area (Å²) in [5, 5.41) is 15.6. The molecule has 4 nitrogen and oxygen atoms in total. The van der Waals surface area contributed by atoms with Gasteiger partial charge in [-0.1, -0.05) is 65.4 Å². The number of hydrogen-bond acceptors (Lipinski definition) is 6. The maximum absolute atomic E-state index is 4.86. The van der Waals surface area contributed by atoms with Gasteiger partial charge in [-0.3, -0.25) is 0 Å². The lowest BCUT2D eigenvalue weighted by Crippen LogP contribution is -2.00. The second-order valence-corrected chi connectivity index (χ2v) is 11.2. The van der Waals surface area contributed by atoms with Crippen LogP contribution in [-0.4, -0.2) is 19.7 Å². The van der Waals surface area contributed by atoms with Gasteiger partial charge < -0.3 is 4.57 Å². The largest absolute Gasteiger partial charge is 0.302 e. The Bertz CT molecular complexity index is 1430. The predicted octanol–water partition coefficient (Wildman–Crippen LogP) is 8.03. The molecule has 3 heterocycles. The topological polar surface area (TPSA) is 43.6 Å². The van der Waals surface area contributed by atoms with Crippen molar-refractivity contribution < 1.29 is 0 Å². The molecule has 0 aliphatic heterocycles. The highest BCUT2D eigenvalue weighted by Gasteiger charge is 2.20. The number of aryl methyl sites for hydroxylation is 3. The molecule has 0 N–H and O–H groups in total. The van der Waals surface area contributed by atoms with Crippen LogP contribution in [0.3, 0.4) is 0 Å². The minimum atomic E-state index is 0.772. The van der Waals surface area contributed by atoms with Crippen LogP contribution in [0.5, 0.6) is 0 Å². The Labute approximate surface area is 212 Å². The van der Waals surface area contributed by atoms with Crippen LogP contribution in [0.1, 0.15) is 28.6 Å². The summed E-state index contributed by atoms with van der Waals surface area (Å²) in [4.78, 5) is 6.16. The first kappa shape index (κ1) is 23.0. The van der Waals surface area contributed by atoms with Crippen LogP contribution in [0.25, 0.3) is 33.1 Å². The number of benzene rings is 2. The van der Waals surface area contributed by atoms with Crippen molar-refractivity contribution in [2.24, 2.45) is 0 Å². The quantitative estimate of drug-likeness (QED) is 0.211. The van der Waals surface area contributed by atoms with Crippen molar-refractivity contribution in [3.8, 4) is 33.1 Å². The molecule has 5 rings (SSSR count). The molecule has 0 aliphatic carbocycles. The van der Waals surface area contributed by atoms with E-state index in [0.717, 1.165) is 39.5 Å². The lowest BCUT2D eigenvalue weighted by Gasteiger charge is -2.09. The molecule has 3 aromatic heterocycles. The van der Waals surface area contributed by atoms with E-state index in [4.69, 9.17) is 4.98 Å². The number of aromatic nitrogens is 4. The Kier molecular flexibility index (Phi) is 6.68. The van der Waals surface area contributed by atoms with Gasteiger partial charge in [0, 0.05) is 44.6 Å². The third kappa shape index (κ3) is 4.60. The summed E-state index contributed by atoms with van der Waals surface area (Å²) in [7, 11) is 0. The molecular formula is C27H26N4S3. The number of rotatable bonds is 7. The first-order valence-electron chi connectivity index (χ1n) is 11.3. The van der Waals surface area contributed by atoms with E-state index in [1.165, 1.54) is 32.7 Å². The third-order valence-corrected chi connectivity index (χ3v) is 8.61. The van der Waals surface area contributed by atoms with Crippen LogP contribution in [0, 0.1) is 20.8 Å². The van der Waals surface area contributed by atoms with E-state index in [9.17, 15) is 0 Å². The van der Waals surface area contributed by atoms with Crippen LogP contribution in [0.15, 0.2) is 64.4 Å². The molecule has 0 radical (unpaired) electrons. The summed E-state index contributed by atoms with van der Waals surface area (Å²) < 4.78 is 2.22. The average Bonchev–Trinajstić information content (AvgIpc) is 3.56. The lowest BCUT2D eigenvalue weighted by atomic mass is 10.0. The summed E-state index contributed by atoms with van der Waals surface area (Å²) >= 11 is 5.16. The van der Waals surface area contributed by atoms with E-state index < -0.39 is 0 Å². The number of hydrogen-bond donors (Lipinski definition) is 0. The Morgan fingerprint density at radius 1 is 0.882 bits per heavy atom. The van der Waals surface area contributed by atoms with E-state index in [2.05, 4.69) is 102 Å². The van der Waals surface area contributed by atoms with Gasteiger partial charge in [-0.25, -0.2) is 4.98 Å². The van der Waals surface area contributed by atoms with Gasteiger partial charge in [-0.15, -0.1) is 32.9 Å². The molecule has 0 bridgehead atoms. The van der Waals surface area contributed by atoms with Gasteiger partial charge in [0.05, 0.1) is 5.69 Å². The van der Waals surface area contributed by atoms with Gasteiger partial charge in [0.2, 0.25) is 0 Å². The van der Waals surface area contributed by atoms with Crippen molar-refractivity contribution in [1.29, 1.82) is 0 Å². The predicted molar refractivity (Wildman–Crippen MR) is 146 cm³/mol. The molecule has 2 aromatic carbocycles. The van der Waals surface area contributed by atoms with Gasteiger partial charge >= 0.3 is 0 Å². The number of thiazole rings is 1. The zero-order valence-electron chi connectivity index (χ0n) is 19.7. The maximum Gasteiger partial charge on any atom is 0.191 e. The van der Waals surface area contributed by atoms with Crippen LogP contribution < -0.4 is 0 Å². The minimum absolute atomic E-state index is 0.772. The smallest absolute Gasteiger partial charge is 0.191 e. The zero-order chi connectivity index (χ0) is 23.7. The zero-order valence-corrected chi connectivity index (χ0v) is 22.2. The van der Waals surface area contributed by atoms with E-state index in [-0.39, 0.29) is 0 Å². The monoisotopic (exact) mass is 502 g/mol. The Morgan fingerprint density at radius 2 is 1.71 bits per heavy atom. The average molecular weight is 503 g/mol. The SMILES string of the molecule is CCn1c(SCc2csc(-c3cccc(C)c3)n2)nnc1-c1csc(C)c1-c1ccc(C)cc1. The summed E-state index contributed by atoms with van der Waals surface area (Å²) in [6.07, 6.45) is 0. The molecule has 0 spiro atoms. The van der Waals surface area contributed by atoms with Crippen molar-refractivity contribution in [2.75, 3.05) is 0 Å². The lowest BCUT2D eigenvalue weighted by molar-refractivity contribution is 0.687. The maximum atomic E-state index is 4.86. The number of thioether (sulfide) groups is 1. The molecule has 0 saturated heterocycles. The molecule has 0 fully saturated rings. The second kappa shape index (κ2) is 9.86. The van der Waals surface area contributed by atoms with E-state index in [0.29, 0.717) is 0 Å². The van der Waals surface area contributed by atoms with Crippen LogP contribution in [0.2, 0.25) is 0 Å². The van der Waals surface area contributed by atoms with Gasteiger partial charge in [0.15, 0.2) is 11.0 Å². The molecule has 5 aromatic rings. The molecule has 7 heteroatoms. The fourth-order valence-corrected chi connectivity index (χ4v) is 6.68. The van der Waals surface area contributed by atoms with Crippen LogP contribution in [-0.2, 0) is 12.3 Å². The highest BCUT2D eigenvalue weighted by Crippen LogP contribution is 2.39. The molecule has 0 aliphatic rings. The van der Waals surface area contributed by atoms with E-state index in [1.807, 2.05) is 0 Å². The molecule has 0 unspecified atom stereocenters. The van der Waals surface area contributed by atoms with Crippen molar-refractivity contribution in [2.45, 2.75) is 45.1 Å². The first-order valence-corrected chi connectivity index (χ1v) is 14.0. The number of nitrogens with zero attached hydrogens (tertiary/aromatic N) is 4. The molecular weight excluding hydrogens is 477 g/mol. The van der Waals surface area contributed by atoms with Gasteiger partial charge in [0.25, 0.3) is 0 Å². The summed E-state index contributed by atoms with van der Waals surface area (Å²) in [5.74, 6) is 1.71. The summed E-state index contributed by atoms with van der Waals surface area (Å²) in [5.41, 5.74) is 8.41. The summed E-state index contributed by atoms with van der Waals surface area (Å²) in [6, 6.07) is 17.2. The third-order valence-electron chi connectivity index (χ3n) is 5.76. The molecule has 0 atom stereocenters. The normalized spacial score (nSPS) is 11.3. The molecule has 0 amide bonds. The van der Waals surface area contributed by atoms with Crippen molar-refractivity contribution in [3.63, 3.8) is 0 Å². The first-order chi connectivity index (χ1) is 16.5. The Hall–Kier alpha value is -2.74. The fraction of sp³-hybridized carbons (Fsp3) is 0.222. The molecule has 0 saturated carbocycles. The second-order valence-electron chi connectivity index (χ2n) is 8.30. The minimum Gasteiger partial charge on any atom is -0.302 e. The van der Waals surface area contributed by atoms with Crippen LogP contribution >= 0.6 is 34.4 Å². The van der Waals surface area contributed by atoms with Crippen molar-refractivity contribution >= 4 is 34.4 Å². The highest BCUT2D eigenvalue weighted by atomic mass is 32.2.